The normalized spacial score (nSPS) is 14.9. The lowest BCUT2D eigenvalue weighted by Gasteiger charge is -2.24. The van der Waals surface area contributed by atoms with Crippen molar-refractivity contribution in [2.45, 2.75) is 58.7 Å². The van der Waals surface area contributed by atoms with Crippen LogP contribution in [0.3, 0.4) is 0 Å². The zero-order valence-corrected chi connectivity index (χ0v) is 26.1. The molecule has 1 saturated heterocycles. The predicted octanol–water partition coefficient (Wildman–Crippen LogP) is 7.18. The van der Waals surface area contributed by atoms with Crippen molar-refractivity contribution < 1.29 is 32.2 Å². The number of aryl methyl sites for hydroxylation is 1. The van der Waals surface area contributed by atoms with Gasteiger partial charge >= 0.3 is 6.09 Å². The minimum Gasteiger partial charge on any atom is -0.489 e. The molecule has 2 aromatic heterocycles. The van der Waals surface area contributed by atoms with Crippen LogP contribution in [-0.4, -0.2) is 57.3 Å². The summed E-state index contributed by atoms with van der Waals surface area (Å²) in [5.74, 6) is 0.259. The maximum Gasteiger partial charge on any atom is 0.410 e. The zero-order valence-electron chi connectivity index (χ0n) is 26.1. The Hall–Kier alpha value is -4.87. The van der Waals surface area contributed by atoms with Crippen LogP contribution in [0, 0.1) is 12.7 Å². The largest absolute Gasteiger partial charge is 0.489 e. The van der Waals surface area contributed by atoms with Crippen LogP contribution in [0.25, 0.3) is 22.4 Å². The van der Waals surface area contributed by atoms with Gasteiger partial charge in [-0.3, -0.25) is 4.98 Å². The molecule has 0 bridgehead atoms. The molecule has 1 atom stereocenters. The fourth-order valence-corrected chi connectivity index (χ4v) is 5.10. The van der Waals surface area contributed by atoms with E-state index in [2.05, 4.69) is 15.0 Å². The molecule has 2 aromatic carbocycles. The topological polar surface area (TPSA) is 113 Å². The standard InChI is InChI=1S/C34H36F3N5O4/c1-20-17-23(18-27(39-20)30(36)37)28-29(22-7-9-24(35)10-8-22)40-32(38)41-31(28)44-16-14-21-5-11-25(12-6-21)45-26-13-15-42(19-26)33(43)46-34(2,3)4/h5-12,17-18,26,30H,13-16,19H2,1-4H3,(H2,38,40,41). The summed E-state index contributed by atoms with van der Waals surface area (Å²) >= 11 is 0. The van der Waals surface area contributed by atoms with E-state index >= 15 is 0 Å². The lowest BCUT2D eigenvalue weighted by atomic mass is 9.99. The van der Waals surface area contributed by atoms with Crippen molar-refractivity contribution in [3.05, 3.63) is 83.4 Å². The number of likely N-dealkylation sites (tertiary alicyclic amines) is 1. The highest BCUT2D eigenvalue weighted by Crippen LogP contribution is 2.39. The minimum absolute atomic E-state index is 0.0865. The molecule has 46 heavy (non-hydrogen) atoms. The number of aromatic nitrogens is 3. The summed E-state index contributed by atoms with van der Waals surface area (Å²) in [6, 6.07) is 16.1. The number of amides is 1. The summed E-state index contributed by atoms with van der Waals surface area (Å²) in [5.41, 5.74) is 7.95. The number of pyridine rings is 1. The maximum absolute atomic E-state index is 13.7. The van der Waals surface area contributed by atoms with E-state index in [1.165, 1.54) is 30.3 Å². The fraction of sp³-hybridized carbons (Fsp3) is 0.353. The molecule has 0 radical (unpaired) electrons. The Balaban J connectivity index is 1.30. The number of rotatable bonds is 9. The number of hydrogen-bond donors (Lipinski definition) is 1. The van der Waals surface area contributed by atoms with E-state index in [1.54, 1.807) is 17.9 Å². The lowest BCUT2D eigenvalue weighted by Crippen LogP contribution is -2.36. The van der Waals surface area contributed by atoms with Crippen molar-refractivity contribution in [1.29, 1.82) is 0 Å². The summed E-state index contributed by atoms with van der Waals surface area (Å²) in [5, 5.41) is 0. The van der Waals surface area contributed by atoms with Gasteiger partial charge in [-0.2, -0.15) is 4.98 Å². The van der Waals surface area contributed by atoms with Crippen LogP contribution in [0.2, 0.25) is 0 Å². The first-order valence-corrected chi connectivity index (χ1v) is 14.9. The number of nitrogen functional groups attached to an aromatic ring is 1. The smallest absolute Gasteiger partial charge is 0.410 e. The summed E-state index contributed by atoms with van der Waals surface area (Å²) in [7, 11) is 0. The van der Waals surface area contributed by atoms with Crippen LogP contribution in [-0.2, 0) is 11.2 Å². The molecule has 4 aromatic rings. The van der Waals surface area contributed by atoms with E-state index in [-0.39, 0.29) is 30.6 Å². The molecule has 1 aliphatic rings. The summed E-state index contributed by atoms with van der Waals surface area (Å²) in [6.07, 6.45) is -2.09. The van der Waals surface area contributed by atoms with E-state index < -0.39 is 23.5 Å². The second-order valence-electron chi connectivity index (χ2n) is 12.0. The van der Waals surface area contributed by atoms with Crippen molar-refractivity contribution in [3.63, 3.8) is 0 Å². The van der Waals surface area contributed by atoms with Crippen LogP contribution >= 0.6 is 0 Å². The number of nitrogens with zero attached hydrogens (tertiary/aromatic N) is 4. The molecule has 1 amide bonds. The number of carbonyl (C=O) groups excluding carboxylic acids is 1. The van der Waals surface area contributed by atoms with Gasteiger partial charge in [-0.05, 0) is 87.4 Å². The molecule has 12 heteroatoms. The Morgan fingerprint density at radius 2 is 1.74 bits per heavy atom. The van der Waals surface area contributed by atoms with Gasteiger partial charge in [0.25, 0.3) is 6.43 Å². The van der Waals surface area contributed by atoms with E-state index in [0.717, 1.165) is 5.56 Å². The molecule has 0 aliphatic carbocycles. The molecule has 242 valence electrons. The van der Waals surface area contributed by atoms with Crippen molar-refractivity contribution in [1.82, 2.24) is 19.9 Å². The van der Waals surface area contributed by atoms with E-state index in [4.69, 9.17) is 19.9 Å². The number of benzene rings is 2. The quantitative estimate of drug-likeness (QED) is 0.206. The van der Waals surface area contributed by atoms with Gasteiger partial charge < -0.3 is 24.8 Å². The Morgan fingerprint density at radius 1 is 1.02 bits per heavy atom. The number of halogens is 3. The molecular weight excluding hydrogens is 599 g/mol. The second-order valence-corrected chi connectivity index (χ2v) is 12.0. The SMILES string of the molecule is Cc1cc(-c2c(OCCc3ccc(OC4CCN(C(=O)OC(C)(C)C)C4)cc3)nc(N)nc2-c2ccc(F)cc2)cc(C(F)F)n1. The van der Waals surface area contributed by atoms with Crippen LogP contribution in [0.15, 0.2) is 60.7 Å². The van der Waals surface area contributed by atoms with E-state index in [9.17, 15) is 18.0 Å². The Kier molecular flexibility index (Phi) is 9.64. The summed E-state index contributed by atoms with van der Waals surface area (Å²) < 4.78 is 58.8. The molecule has 1 aliphatic heterocycles. The van der Waals surface area contributed by atoms with Gasteiger partial charge in [0, 0.05) is 30.6 Å². The lowest BCUT2D eigenvalue weighted by molar-refractivity contribution is 0.0275. The number of alkyl halides is 2. The Bertz CT molecular complexity index is 1680. The van der Waals surface area contributed by atoms with Crippen LogP contribution in [0.4, 0.5) is 23.9 Å². The second kappa shape index (κ2) is 13.6. The van der Waals surface area contributed by atoms with Gasteiger partial charge in [0.1, 0.15) is 29.0 Å². The predicted molar refractivity (Wildman–Crippen MR) is 167 cm³/mol. The minimum atomic E-state index is -2.79. The van der Waals surface area contributed by atoms with Crippen molar-refractivity contribution >= 4 is 12.0 Å². The third-order valence-electron chi connectivity index (χ3n) is 7.15. The van der Waals surface area contributed by atoms with Gasteiger partial charge in [0.15, 0.2) is 0 Å². The molecule has 1 fully saturated rings. The fourth-order valence-electron chi connectivity index (χ4n) is 5.10. The molecule has 1 unspecified atom stereocenters. The number of ether oxygens (including phenoxy) is 3. The summed E-state index contributed by atoms with van der Waals surface area (Å²) in [4.78, 5) is 26.6. The highest BCUT2D eigenvalue weighted by molar-refractivity contribution is 5.85. The number of anilines is 1. The molecular formula is C34H36F3N5O4. The maximum atomic E-state index is 13.7. The third-order valence-corrected chi connectivity index (χ3v) is 7.15. The first kappa shape index (κ1) is 32.5. The molecule has 3 heterocycles. The molecule has 5 rings (SSSR count). The van der Waals surface area contributed by atoms with Crippen molar-refractivity contribution in [2.24, 2.45) is 0 Å². The van der Waals surface area contributed by atoms with Crippen molar-refractivity contribution in [2.75, 3.05) is 25.4 Å². The molecule has 0 saturated carbocycles. The number of hydrogen-bond acceptors (Lipinski definition) is 8. The van der Waals surface area contributed by atoms with Crippen LogP contribution in [0.5, 0.6) is 11.6 Å². The number of carbonyl (C=O) groups is 1. The first-order chi connectivity index (χ1) is 21.8. The highest BCUT2D eigenvalue weighted by atomic mass is 19.3. The van der Waals surface area contributed by atoms with Gasteiger partial charge in [0.2, 0.25) is 11.8 Å². The monoisotopic (exact) mass is 635 g/mol. The average Bonchev–Trinajstić information content (AvgIpc) is 3.46. The average molecular weight is 636 g/mol. The molecule has 9 nitrogen and oxygen atoms in total. The molecule has 0 spiro atoms. The van der Waals surface area contributed by atoms with Crippen LogP contribution < -0.4 is 15.2 Å². The highest BCUT2D eigenvalue weighted by Gasteiger charge is 2.31. The van der Waals surface area contributed by atoms with Gasteiger partial charge in [-0.25, -0.2) is 22.9 Å². The Morgan fingerprint density at radius 3 is 2.41 bits per heavy atom. The van der Waals surface area contributed by atoms with Gasteiger partial charge in [0.05, 0.1) is 24.4 Å². The van der Waals surface area contributed by atoms with Gasteiger partial charge in [-0.15, -0.1) is 0 Å². The van der Waals surface area contributed by atoms with E-state index in [0.29, 0.717) is 59.8 Å². The Labute approximate surface area is 265 Å². The van der Waals surface area contributed by atoms with E-state index in [1.807, 2.05) is 45.0 Å². The van der Waals surface area contributed by atoms with Crippen LogP contribution in [0.1, 0.15) is 50.6 Å². The zero-order chi connectivity index (χ0) is 33.0. The van der Waals surface area contributed by atoms with Crippen molar-refractivity contribution in [3.8, 4) is 34.0 Å². The number of nitrogens with two attached hydrogens (primary N) is 1. The molecule has 2 N–H and O–H groups in total. The first-order valence-electron chi connectivity index (χ1n) is 14.9. The van der Waals surface area contributed by atoms with Gasteiger partial charge in [-0.1, -0.05) is 12.1 Å². The summed E-state index contributed by atoms with van der Waals surface area (Å²) in [6.45, 7) is 8.32. The third kappa shape index (κ3) is 8.23.